The lowest BCUT2D eigenvalue weighted by Crippen LogP contribution is -2.25. The maximum Gasteiger partial charge on any atom is 0.334 e. The van der Waals surface area contributed by atoms with E-state index in [1.165, 1.54) is 18.2 Å². The van der Waals surface area contributed by atoms with Crippen LogP contribution in [0.4, 0.5) is 11.4 Å². The number of esters is 1. The maximum absolute atomic E-state index is 11.7. The van der Waals surface area contributed by atoms with Gasteiger partial charge in [0.2, 0.25) is 0 Å². The number of nitrogens with one attached hydrogen (secondary N) is 1. The molecule has 0 saturated carbocycles. The number of para-hydroxylation sites is 2. The van der Waals surface area contributed by atoms with Gasteiger partial charge in [-0.2, -0.15) is 0 Å². The molecule has 1 aliphatic rings. The number of nitro benzene ring substituents is 1. The number of non-ortho nitro benzene ring substituents is 1. The van der Waals surface area contributed by atoms with Gasteiger partial charge in [0.05, 0.1) is 16.7 Å². The number of carbonyl (C=O) groups excluding carboxylic acids is 1. The highest BCUT2D eigenvalue weighted by Crippen LogP contribution is 2.33. The fraction of sp³-hybridized carbons (Fsp3) is 0.167. The minimum atomic E-state index is -0.589. The summed E-state index contributed by atoms with van der Waals surface area (Å²) in [5.41, 5.74) is 1.63. The summed E-state index contributed by atoms with van der Waals surface area (Å²) in [7, 11) is 0. The number of anilines is 1. The molecule has 2 atom stereocenters. The first kappa shape index (κ1) is 16.5. The highest BCUT2D eigenvalue weighted by Gasteiger charge is 2.31. The summed E-state index contributed by atoms with van der Waals surface area (Å²) in [6.45, 7) is 1.66. The number of ether oxygens (including phenoxy) is 1. The number of phenolic OH excluding ortho intramolecular Hbond substituents is 1. The molecule has 1 aliphatic heterocycles. The van der Waals surface area contributed by atoms with Gasteiger partial charge in [-0.15, -0.1) is 0 Å². The number of hydrogen-bond donors (Lipinski definition) is 2. The molecule has 1 heterocycles. The number of rotatable bonds is 5. The average molecular weight is 340 g/mol. The van der Waals surface area contributed by atoms with Crippen molar-refractivity contribution in [2.24, 2.45) is 0 Å². The van der Waals surface area contributed by atoms with Crippen LogP contribution in [0.3, 0.4) is 0 Å². The summed E-state index contributed by atoms with van der Waals surface area (Å²) in [5, 5.41) is 24.0. The summed E-state index contributed by atoms with van der Waals surface area (Å²) < 4.78 is 5.37. The van der Waals surface area contributed by atoms with E-state index in [-0.39, 0.29) is 11.4 Å². The van der Waals surface area contributed by atoms with Crippen LogP contribution in [-0.2, 0) is 9.53 Å². The molecular weight excluding hydrogens is 324 g/mol. The molecule has 25 heavy (non-hydrogen) atoms. The highest BCUT2D eigenvalue weighted by atomic mass is 16.6. The number of phenols is 1. The van der Waals surface area contributed by atoms with Crippen LogP contribution in [0.5, 0.6) is 5.75 Å². The number of nitro groups is 1. The van der Waals surface area contributed by atoms with Crippen LogP contribution in [0.15, 0.2) is 60.2 Å². The third-order valence-electron chi connectivity index (χ3n) is 3.99. The van der Waals surface area contributed by atoms with Crippen molar-refractivity contribution in [1.82, 2.24) is 0 Å². The summed E-state index contributed by atoms with van der Waals surface area (Å²) >= 11 is 0. The molecule has 0 bridgehead atoms. The predicted molar refractivity (Wildman–Crippen MR) is 91.2 cm³/mol. The Labute approximate surface area is 143 Å². The monoisotopic (exact) mass is 340 g/mol. The average Bonchev–Trinajstić information content (AvgIpc) is 2.93. The van der Waals surface area contributed by atoms with Crippen molar-refractivity contribution in [3.05, 3.63) is 75.9 Å². The standard InChI is InChI=1S/C18H16N2O5/c1-11-10-16(25-18(11)22)17(19-14-4-2-3-5-15(14)21)12-6-8-13(9-7-12)20(23)24/h2-10,16-17,19,21H,1H3/t16-,17+/m1/s1. The Balaban J connectivity index is 1.95. The van der Waals surface area contributed by atoms with E-state index in [1.54, 1.807) is 43.3 Å². The Hall–Kier alpha value is -3.35. The number of benzene rings is 2. The Morgan fingerprint density at radius 1 is 1.20 bits per heavy atom. The summed E-state index contributed by atoms with van der Waals surface area (Å²) in [4.78, 5) is 22.1. The fourth-order valence-corrected chi connectivity index (χ4v) is 2.65. The van der Waals surface area contributed by atoms with Gasteiger partial charge in [0.25, 0.3) is 5.69 Å². The van der Waals surface area contributed by atoms with Crippen molar-refractivity contribution in [3.8, 4) is 5.75 Å². The van der Waals surface area contributed by atoms with Crippen LogP contribution in [0.1, 0.15) is 18.5 Å². The van der Waals surface area contributed by atoms with Crippen LogP contribution >= 0.6 is 0 Å². The number of aromatic hydroxyl groups is 1. The van der Waals surface area contributed by atoms with Gasteiger partial charge in [-0.3, -0.25) is 10.1 Å². The zero-order chi connectivity index (χ0) is 18.0. The first-order chi connectivity index (χ1) is 12.0. The molecule has 2 aromatic carbocycles. The summed E-state index contributed by atoms with van der Waals surface area (Å²) in [6, 6.07) is 12.2. The lowest BCUT2D eigenvalue weighted by atomic mass is 9.99. The van der Waals surface area contributed by atoms with Gasteiger partial charge in [0.1, 0.15) is 11.9 Å². The molecule has 0 amide bonds. The topological polar surface area (TPSA) is 102 Å². The highest BCUT2D eigenvalue weighted by molar-refractivity contribution is 5.90. The Kier molecular flexibility index (Phi) is 4.38. The number of carbonyl (C=O) groups is 1. The third-order valence-corrected chi connectivity index (χ3v) is 3.99. The quantitative estimate of drug-likeness (QED) is 0.375. The van der Waals surface area contributed by atoms with Gasteiger partial charge < -0.3 is 15.2 Å². The van der Waals surface area contributed by atoms with Crippen molar-refractivity contribution in [2.45, 2.75) is 19.1 Å². The molecule has 2 N–H and O–H groups in total. The van der Waals surface area contributed by atoms with Crippen LogP contribution in [0, 0.1) is 10.1 Å². The van der Waals surface area contributed by atoms with Crippen LogP contribution < -0.4 is 5.32 Å². The zero-order valence-electron chi connectivity index (χ0n) is 13.4. The molecule has 0 fully saturated rings. The first-order valence-electron chi connectivity index (χ1n) is 7.64. The minimum Gasteiger partial charge on any atom is -0.506 e. The Morgan fingerprint density at radius 3 is 2.44 bits per heavy atom. The minimum absolute atomic E-state index is 0.0276. The van der Waals surface area contributed by atoms with Crippen molar-refractivity contribution in [1.29, 1.82) is 0 Å². The molecule has 7 heteroatoms. The van der Waals surface area contributed by atoms with E-state index in [4.69, 9.17) is 4.74 Å². The van der Waals surface area contributed by atoms with Crippen LogP contribution in [0.25, 0.3) is 0 Å². The Morgan fingerprint density at radius 2 is 1.88 bits per heavy atom. The smallest absolute Gasteiger partial charge is 0.334 e. The van der Waals surface area contributed by atoms with Gasteiger partial charge >= 0.3 is 5.97 Å². The normalized spacial score (nSPS) is 17.6. The Bertz CT molecular complexity index is 845. The SMILES string of the molecule is CC1=C[C@H]([C@@H](Nc2ccccc2O)c2ccc([N+](=O)[O-])cc2)OC1=O. The summed E-state index contributed by atoms with van der Waals surface area (Å²) in [5.74, 6) is -0.351. The molecule has 0 spiro atoms. The third kappa shape index (κ3) is 3.45. The molecule has 0 radical (unpaired) electrons. The van der Waals surface area contributed by atoms with E-state index in [0.29, 0.717) is 16.8 Å². The van der Waals surface area contributed by atoms with Crippen molar-refractivity contribution >= 4 is 17.3 Å². The van der Waals surface area contributed by atoms with Crippen LogP contribution in [0.2, 0.25) is 0 Å². The second-order valence-corrected chi connectivity index (χ2v) is 5.71. The van der Waals surface area contributed by atoms with Gasteiger partial charge in [-0.1, -0.05) is 12.1 Å². The molecule has 0 saturated heterocycles. The molecule has 0 aliphatic carbocycles. The van der Waals surface area contributed by atoms with Crippen LogP contribution in [-0.4, -0.2) is 22.1 Å². The lowest BCUT2D eigenvalue weighted by molar-refractivity contribution is -0.384. The fourth-order valence-electron chi connectivity index (χ4n) is 2.65. The predicted octanol–water partition coefficient (Wildman–Crippen LogP) is 3.33. The number of hydrogen-bond acceptors (Lipinski definition) is 6. The first-order valence-corrected chi connectivity index (χ1v) is 7.64. The van der Waals surface area contributed by atoms with Crippen molar-refractivity contribution < 1.29 is 19.6 Å². The van der Waals surface area contributed by atoms with E-state index >= 15 is 0 Å². The van der Waals surface area contributed by atoms with E-state index in [1.807, 2.05) is 0 Å². The molecular formula is C18H16N2O5. The van der Waals surface area contributed by atoms with E-state index < -0.39 is 23.0 Å². The van der Waals surface area contributed by atoms with Gasteiger partial charge in [0, 0.05) is 17.7 Å². The van der Waals surface area contributed by atoms with Gasteiger partial charge in [0.15, 0.2) is 0 Å². The molecule has 0 aromatic heterocycles. The molecule has 0 unspecified atom stereocenters. The van der Waals surface area contributed by atoms with Gasteiger partial charge in [-0.25, -0.2) is 4.79 Å². The van der Waals surface area contributed by atoms with E-state index in [2.05, 4.69) is 5.32 Å². The maximum atomic E-state index is 11.7. The molecule has 7 nitrogen and oxygen atoms in total. The molecule has 2 aromatic rings. The molecule has 128 valence electrons. The van der Waals surface area contributed by atoms with Crippen molar-refractivity contribution in [3.63, 3.8) is 0 Å². The van der Waals surface area contributed by atoms with E-state index in [0.717, 1.165) is 0 Å². The number of cyclic esters (lactones) is 1. The second kappa shape index (κ2) is 6.64. The van der Waals surface area contributed by atoms with E-state index in [9.17, 15) is 20.0 Å². The zero-order valence-corrected chi connectivity index (χ0v) is 13.4. The largest absolute Gasteiger partial charge is 0.506 e. The van der Waals surface area contributed by atoms with Gasteiger partial charge in [-0.05, 0) is 42.8 Å². The summed E-state index contributed by atoms with van der Waals surface area (Å²) in [6.07, 6.45) is 1.11. The lowest BCUT2D eigenvalue weighted by Gasteiger charge is -2.25. The second-order valence-electron chi connectivity index (χ2n) is 5.71. The van der Waals surface area contributed by atoms with Crippen molar-refractivity contribution in [2.75, 3.05) is 5.32 Å². The molecule has 3 rings (SSSR count). The number of nitrogens with zero attached hydrogens (tertiary/aromatic N) is 1.